The van der Waals surface area contributed by atoms with Crippen LogP contribution in [0.15, 0.2) is 53.1 Å². The summed E-state index contributed by atoms with van der Waals surface area (Å²) in [7, 11) is 0. The van der Waals surface area contributed by atoms with Crippen molar-refractivity contribution in [3.8, 4) is 0 Å². The van der Waals surface area contributed by atoms with Gasteiger partial charge in [-0.1, -0.05) is 30.3 Å². The molecular weight excluding hydrogens is 272 g/mol. The fourth-order valence-corrected chi connectivity index (χ4v) is 5.17. The summed E-state index contributed by atoms with van der Waals surface area (Å²) in [5, 5.41) is 0. The quantitative estimate of drug-likeness (QED) is 0.818. The van der Waals surface area contributed by atoms with Crippen molar-refractivity contribution in [2.24, 2.45) is 23.7 Å². The summed E-state index contributed by atoms with van der Waals surface area (Å²) in [6.45, 7) is 0. The van der Waals surface area contributed by atoms with Crippen molar-refractivity contribution in [3.63, 3.8) is 0 Å². The van der Waals surface area contributed by atoms with E-state index in [9.17, 15) is 4.79 Å². The molecule has 4 atom stereocenters. The first-order chi connectivity index (χ1) is 10.8. The second-order valence-electron chi connectivity index (χ2n) is 6.88. The van der Waals surface area contributed by atoms with Crippen LogP contribution in [0.1, 0.15) is 30.6 Å². The van der Waals surface area contributed by atoms with Gasteiger partial charge in [-0.25, -0.2) is 0 Å². The van der Waals surface area contributed by atoms with Gasteiger partial charge >= 0.3 is 0 Å². The van der Waals surface area contributed by atoms with Gasteiger partial charge in [0.1, 0.15) is 5.76 Å². The Labute approximate surface area is 129 Å². The molecule has 5 rings (SSSR count). The zero-order valence-electron chi connectivity index (χ0n) is 12.4. The highest BCUT2D eigenvalue weighted by Crippen LogP contribution is 2.62. The first-order valence-corrected chi connectivity index (χ1v) is 8.22. The van der Waals surface area contributed by atoms with Gasteiger partial charge in [0.25, 0.3) is 0 Å². The van der Waals surface area contributed by atoms with E-state index in [0.29, 0.717) is 23.5 Å². The zero-order valence-corrected chi connectivity index (χ0v) is 12.4. The van der Waals surface area contributed by atoms with Gasteiger partial charge < -0.3 is 4.42 Å². The molecule has 2 heteroatoms. The lowest BCUT2D eigenvalue weighted by molar-refractivity contribution is -0.118. The summed E-state index contributed by atoms with van der Waals surface area (Å²) >= 11 is 0. The molecule has 2 aromatic rings. The molecule has 2 saturated carbocycles. The van der Waals surface area contributed by atoms with Crippen LogP contribution in [0.5, 0.6) is 0 Å². The molecule has 0 spiro atoms. The average molecular weight is 290 g/mol. The van der Waals surface area contributed by atoms with E-state index in [1.165, 1.54) is 24.8 Å². The van der Waals surface area contributed by atoms with E-state index in [-0.39, 0.29) is 5.92 Å². The molecule has 0 N–H and O–H groups in total. The summed E-state index contributed by atoms with van der Waals surface area (Å²) in [5.74, 6) is 3.10. The lowest BCUT2D eigenvalue weighted by Crippen LogP contribution is -2.24. The maximum absolute atomic E-state index is 13.2. The van der Waals surface area contributed by atoms with Crippen LogP contribution in [0.4, 0.5) is 0 Å². The highest BCUT2D eigenvalue weighted by atomic mass is 16.3. The molecule has 0 amide bonds. The Morgan fingerprint density at radius 2 is 1.68 bits per heavy atom. The summed E-state index contributed by atoms with van der Waals surface area (Å²) in [6.07, 6.45) is 5.44. The molecule has 2 bridgehead atoms. The smallest absolute Gasteiger partial charge is 0.167 e. The molecule has 1 aromatic carbocycles. The lowest BCUT2D eigenvalue weighted by Gasteiger charge is -2.25. The monoisotopic (exact) mass is 290 g/mol. The lowest BCUT2D eigenvalue weighted by atomic mass is 9.78. The number of fused-ring (bicyclic) bond motifs is 5. The standard InChI is InChI=1S/C20H18O2/c21-20-17(12-5-2-1-3-6-12)19(15-7-4-10-22-15)16-13-8-9-14(11-13)18(16)20/h1-7,10,13-14,16,18H,8-9,11H2/t13-,14+,16+,18-/m0/s1. The van der Waals surface area contributed by atoms with Crippen LogP contribution in [-0.4, -0.2) is 5.78 Å². The SMILES string of the molecule is O=C1C(c2ccccc2)=C(c2ccco2)[C@@H]2[C@H]3CC[C@H](C3)[C@H]12. The maximum Gasteiger partial charge on any atom is 0.167 e. The number of hydrogen-bond donors (Lipinski definition) is 0. The molecule has 0 radical (unpaired) electrons. The molecular formula is C20H18O2. The Morgan fingerprint density at radius 3 is 2.41 bits per heavy atom. The van der Waals surface area contributed by atoms with Crippen molar-refractivity contribution in [1.82, 2.24) is 0 Å². The van der Waals surface area contributed by atoms with Gasteiger partial charge in [-0.05, 0) is 48.8 Å². The minimum absolute atomic E-state index is 0.203. The van der Waals surface area contributed by atoms with Crippen LogP contribution in [0.2, 0.25) is 0 Å². The van der Waals surface area contributed by atoms with Crippen molar-refractivity contribution >= 4 is 16.9 Å². The Hall–Kier alpha value is -2.09. The van der Waals surface area contributed by atoms with Crippen LogP contribution in [0, 0.1) is 23.7 Å². The largest absolute Gasteiger partial charge is 0.465 e. The van der Waals surface area contributed by atoms with Crippen LogP contribution in [0.25, 0.3) is 11.1 Å². The molecule has 1 heterocycles. The van der Waals surface area contributed by atoms with Gasteiger partial charge in [-0.3, -0.25) is 4.79 Å². The van der Waals surface area contributed by atoms with E-state index >= 15 is 0 Å². The summed E-state index contributed by atoms with van der Waals surface area (Å²) in [5.41, 5.74) is 3.15. The van der Waals surface area contributed by atoms with Gasteiger partial charge in [0.2, 0.25) is 0 Å². The van der Waals surface area contributed by atoms with Crippen LogP contribution in [0.3, 0.4) is 0 Å². The molecule has 3 aliphatic rings. The van der Waals surface area contributed by atoms with Gasteiger partial charge in [-0.15, -0.1) is 0 Å². The number of ketones is 1. The van der Waals surface area contributed by atoms with Crippen molar-refractivity contribution in [2.75, 3.05) is 0 Å². The first kappa shape index (κ1) is 12.5. The number of Topliss-reactive ketones (excluding diaryl/α,β-unsaturated/α-hetero) is 1. The minimum atomic E-state index is 0.203. The number of carbonyl (C=O) groups is 1. The van der Waals surface area contributed by atoms with E-state index < -0.39 is 0 Å². The first-order valence-electron chi connectivity index (χ1n) is 8.22. The Bertz CT molecular complexity index is 754. The van der Waals surface area contributed by atoms with Gasteiger partial charge in [0.05, 0.1) is 6.26 Å². The topological polar surface area (TPSA) is 30.2 Å². The Balaban J connectivity index is 1.75. The molecule has 3 aliphatic carbocycles. The fourth-order valence-electron chi connectivity index (χ4n) is 5.17. The van der Waals surface area contributed by atoms with E-state index in [2.05, 4.69) is 12.1 Å². The van der Waals surface area contributed by atoms with E-state index in [1.807, 2.05) is 30.3 Å². The molecule has 0 unspecified atom stereocenters. The molecule has 2 fully saturated rings. The van der Waals surface area contributed by atoms with Crippen molar-refractivity contribution in [1.29, 1.82) is 0 Å². The third kappa shape index (κ3) is 1.53. The molecule has 0 saturated heterocycles. The van der Waals surface area contributed by atoms with E-state index in [4.69, 9.17) is 4.42 Å². The molecule has 2 nitrogen and oxygen atoms in total. The molecule has 110 valence electrons. The van der Waals surface area contributed by atoms with E-state index in [1.54, 1.807) is 6.26 Å². The molecule has 22 heavy (non-hydrogen) atoms. The highest BCUT2D eigenvalue weighted by Gasteiger charge is 2.57. The van der Waals surface area contributed by atoms with Crippen molar-refractivity contribution in [2.45, 2.75) is 19.3 Å². The van der Waals surface area contributed by atoms with Crippen molar-refractivity contribution < 1.29 is 9.21 Å². The van der Waals surface area contributed by atoms with Crippen LogP contribution >= 0.6 is 0 Å². The number of allylic oxidation sites excluding steroid dienone is 2. The Kier molecular flexibility index (Phi) is 2.52. The van der Waals surface area contributed by atoms with Gasteiger partial charge in [0, 0.05) is 23.0 Å². The van der Waals surface area contributed by atoms with Gasteiger partial charge in [-0.2, -0.15) is 0 Å². The maximum atomic E-state index is 13.2. The number of benzene rings is 1. The second-order valence-corrected chi connectivity index (χ2v) is 6.88. The predicted octanol–water partition coefficient (Wildman–Crippen LogP) is 4.44. The third-order valence-electron chi connectivity index (χ3n) is 5.92. The molecule has 1 aromatic heterocycles. The molecule has 0 aliphatic heterocycles. The third-order valence-corrected chi connectivity index (χ3v) is 5.92. The number of carbonyl (C=O) groups excluding carboxylic acids is 1. The number of furan rings is 1. The predicted molar refractivity (Wildman–Crippen MR) is 84.8 cm³/mol. The number of hydrogen-bond acceptors (Lipinski definition) is 2. The Morgan fingerprint density at radius 1 is 0.909 bits per heavy atom. The second kappa shape index (κ2) is 4.45. The summed E-state index contributed by atoms with van der Waals surface area (Å²) in [4.78, 5) is 13.2. The minimum Gasteiger partial charge on any atom is -0.465 e. The average Bonchev–Trinajstić information content (AvgIpc) is 3.31. The number of rotatable bonds is 2. The van der Waals surface area contributed by atoms with Crippen molar-refractivity contribution in [3.05, 3.63) is 60.1 Å². The highest BCUT2D eigenvalue weighted by molar-refractivity contribution is 6.32. The van der Waals surface area contributed by atoms with Gasteiger partial charge in [0.15, 0.2) is 5.78 Å². The normalized spacial score (nSPS) is 32.8. The fraction of sp³-hybridized carbons (Fsp3) is 0.350. The summed E-state index contributed by atoms with van der Waals surface area (Å²) in [6, 6.07) is 14.1. The summed E-state index contributed by atoms with van der Waals surface area (Å²) < 4.78 is 5.72. The van der Waals surface area contributed by atoms with Crippen LogP contribution in [-0.2, 0) is 4.79 Å². The van der Waals surface area contributed by atoms with E-state index in [0.717, 1.165) is 16.9 Å². The van der Waals surface area contributed by atoms with Crippen LogP contribution < -0.4 is 0 Å². The zero-order chi connectivity index (χ0) is 14.7.